The molecule has 3 heterocycles. The van der Waals surface area contributed by atoms with Gasteiger partial charge in [-0.2, -0.15) is 13.2 Å². The third-order valence-electron chi connectivity index (χ3n) is 6.53. The maximum absolute atomic E-state index is 12.9. The van der Waals surface area contributed by atoms with Gasteiger partial charge in [0.25, 0.3) is 5.91 Å². The number of hydrogen-bond donors (Lipinski definition) is 1. The normalized spacial score (nSPS) is 21.6. The number of amides is 2. The Hall–Kier alpha value is -2.94. The van der Waals surface area contributed by atoms with E-state index in [2.05, 4.69) is 22.1 Å². The van der Waals surface area contributed by atoms with E-state index < -0.39 is 17.6 Å². The van der Waals surface area contributed by atoms with E-state index in [9.17, 15) is 22.8 Å². The van der Waals surface area contributed by atoms with Crippen LogP contribution in [0.2, 0.25) is 0 Å². The Kier molecular flexibility index (Phi) is 6.43. The summed E-state index contributed by atoms with van der Waals surface area (Å²) in [6.07, 6.45) is -1.31. The summed E-state index contributed by atoms with van der Waals surface area (Å²) < 4.78 is 38.8. The number of hydrogen-bond acceptors (Lipinski definition) is 4. The van der Waals surface area contributed by atoms with Crippen LogP contribution in [0.25, 0.3) is 0 Å². The summed E-state index contributed by atoms with van der Waals surface area (Å²) in [5.41, 5.74) is 1.64. The maximum atomic E-state index is 12.9. The molecule has 1 aromatic heterocycles. The lowest BCUT2D eigenvalue weighted by Crippen LogP contribution is -2.49. The van der Waals surface area contributed by atoms with Crippen molar-refractivity contribution in [3.05, 3.63) is 58.9 Å². The van der Waals surface area contributed by atoms with Gasteiger partial charge in [0, 0.05) is 56.7 Å². The minimum atomic E-state index is -4.57. The van der Waals surface area contributed by atoms with Crippen LogP contribution in [0.3, 0.4) is 0 Å². The molecule has 0 bridgehead atoms. The van der Waals surface area contributed by atoms with Gasteiger partial charge >= 0.3 is 6.18 Å². The van der Waals surface area contributed by atoms with Gasteiger partial charge in [-0.25, -0.2) is 0 Å². The average Bonchev–Trinajstić information content (AvgIpc) is 2.78. The molecule has 2 amide bonds. The predicted octanol–water partition coefficient (Wildman–Crippen LogP) is 4.28. The number of aromatic nitrogens is 1. The lowest BCUT2D eigenvalue weighted by molar-refractivity contribution is -0.138. The monoisotopic (exact) mass is 460 g/mol. The number of rotatable bonds is 4. The van der Waals surface area contributed by atoms with E-state index in [1.165, 1.54) is 5.56 Å². The molecule has 2 aromatic rings. The number of pyridine rings is 1. The van der Waals surface area contributed by atoms with E-state index in [4.69, 9.17) is 0 Å². The minimum absolute atomic E-state index is 0.154. The van der Waals surface area contributed by atoms with Crippen molar-refractivity contribution in [3.8, 4) is 0 Å². The van der Waals surface area contributed by atoms with Crippen LogP contribution in [0.5, 0.6) is 0 Å². The zero-order chi connectivity index (χ0) is 23.8. The molecule has 1 N–H and O–H groups in total. The minimum Gasteiger partial charge on any atom is -0.343 e. The number of anilines is 1. The zero-order valence-corrected chi connectivity index (χ0v) is 18.7. The number of carbonyl (C=O) groups is 2. The van der Waals surface area contributed by atoms with Gasteiger partial charge in [0.1, 0.15) is 0 Å². The molecule has 0 saturated carbocycles. The molecule has 1 saturated heterocycles. The molecule has 4 rings (SSSR count). The summed E-state index contributed by atoms with van der Waals surface area (Å²) >= 11 is 0. The summed E-state index contributed by atoms with van der Waals surface area (Å²) in [5, 5.41) is 2.69. The fraction of sp³-hybridized carbons (Fsp3) is 0.458. The lowest BCUT2D eigenvalue weighted by Gasteiger charge is -2.42. The third kappa shape index (κ3) is 5.03. The van der Waals surface area contributed by atoms with Gasteiger partial charge in [-0.15, -0.1) is 0 Å². The lowest BCUT2D eigenvalue weighted by atomic mass is 9.88. The molecule has 0 aliphatic carbocycles. The highest BCUT2D eigenvalue weighted by molar-refractivity contribution is 6.04. The standard InChI is InChI=1S/C24H27F3N4O2/c1-3-30-7-6-20(10-22(30)32)31-13-15(2)21-5-4-19(9-17(21)14-31)29-23(33)16-8-18(12-28-11-16)24(25,26)27/h4-5,8-9,11-12,15,20H,3,6-7,10,13-14H2,1-2H3,(H,29,33)/t15-,20?/m0/s1. The number of carbonyl (C=O) groups excluding carboxylic acids is 2. The topological polar surface area (TPSA) is 65.5 Å². The smallest absolute Gasteiger partial charge is 0.343 e. The molecule has 1 fully saturated rings. The summed E-state index contributed by atoms with van der Waals surface area (Å²) in [4.78, 5) is 32.7. The van der Waals surface area contributed by atoms with E-state index in [0.29, 0.717) is 24.8 Å². The first-order chi connectivity index (χ1) is 15.7. The van der Waals surface area contributed by atoms with Crippen LogP contribution < -0.4 is 5.32 Å². The molecule has 2 aliphatic rings. The predicted molar refractivity (Wildman–Crippen MR) is 118 cm³/mol. The van der Waals surface area contributed by atoms with Crippen molar-refractivity contribution in [2.75, 3.05) is 25.0 Å². The fourth-order valence-corrected chi connectivity index (χ4v) is 4.74. The van der Waals surface area contributed by atoms with E-state index in [0.717, 1.165) is 43.9 Å². The molecule has 9 heteroatoms. The van der Waals surface area contributed by atoms with Crippen LogP contribution >= 0.6 is 0 Å². The molecule has 176 valence electrons. The first-order valence-corrected chi connectivity index (χ1v) is 11.1. The average molecular weight is 461 g/mol. The SMILES string of the molecule is CCN1CCC(N2Cc3cc(NC(=O)c4cncc(C(F)(F)F)c4)ccc3[C@@H](C)C2)CC1=O. The molecule has 2 aliphatic heterocycles. The van der Waals surface area contributed by atoms with E-state index in [1.807, 2.05) is 24.0 Å². The van der Waals surface area contributed by atoms with Crippen molar-refractivity contribution >= 4 is 17.5 Å². The number of nitrogens with zero attached hydrogens (tertiary/aromatic N) is 3. The Bertz CT molecular complexity index is 1060. The molecule has 0 spiro atoms. The van der Waals surface area contributed by atoms with Gasteiger partial charge in [0.05, 0.1) is 11.1 Å². The van der Waals surface area contributed by atoms with Crippen molar-refractivity contribution in [1.29, 1.82) is 0 Å². The number of likely N-dealkylation sites (tertiary alicyclic amines) is 1. The third-order valence-corrected chi connectivity index (χ3v) is 6.53. The number of alkyl halides is 3. The Morgan fingerprint density at radius 3 is 2.73 bits per heavy atom. The van der Waals surface area contributed by atoms with Gasteiger partial charge in [-0.1, -0.05) is 13.0 Å². The fourth-order valence-electron chi connectivity index (χ4n) is 4.74. The van der Waals surface area contributed by atoms with Crippen LogP contribution in [-0.4, -0.2) is 52.3 Å². The molecule has 0 radical (unpaired) electrons. The highest BCUT2D eigenvalue weighted by Gasteiger charge is 2.33. The second kappa shape index (κ2) is 9.13. The van der Waals surface area contributed by atoms with Gasteiger partial charge in [0.2, 0.25) is 5.91 Å². The summed E-state index contributed by atoms with van der Waals surface area (Å²) in [5.74, 6) is -0.194. The van der Waals surface area contributed by atoms with Crippen molar-refractivity contribution in [2.45, 2.75) is 51.4 Å². The van der Waals surface area contributed by atoms with Crippen LogP contribution in [0.1, 0.15) is 59.7 Å². The molecule has 1 unspecified atom stereocenters. The second-order valence-corrected chi connectivity index (χ2v) is 8.78. The van der Waals surface area contributed by atoms with Crippen molar-refractivity contribution < 1.29 is 22.8 Å². The van der Waals surface area contributed by atoms with Crippen molar-refractivity contribution in [2.24, 2.45) is 0 Å². The number of piperidine rings is 1. The molecular formula is C24H27F3N4O2. The number of halogens is 3. The maximum Gasteiger partial charge on any atom is 0.417 e. The van der Waals surface area contributed by atoms with Crippen LogP contribution in [0.4, 0.5) is 18.9 Å². The van der Waals surface area contributed by atoms with Crippen LogP contribution in [0.15, 0.2) is 36.7 Å². The number of benzene rings is 1. The second-order valence-electron chi connectivity index (χ2n) is 8.78. The van der Waals surface area contributed by atoms with E-state index in [-0.39, 0.29) is 23.4 Å². The number of nitrogens with one attached hydrogen (secondary N) is 1. The highest BCUT2D eigenvalue weighted by Crippen LogP contribution is 2.33. The van der Waals surface area contributed by atoms with E-state index in [1.54, 1.807) is 6.07 Å². The first-order valence-electron chi connectivity index (χ1n) is 11.1. The first kappa shape index (κ1) is 23.2. The quantitative estimate of drug-likeness (QED) is 0.740. The van der Waals surface area contributed by atoms with Crippen molar-refractivity contribution in [1.82, 2.24) is 14.8 Å². The summed E-state index contributed by atoms with van der Waals surface area (Å²) in [6, 6.07) is 6.59. The Morgan fingerprint density at radius 2 is 2.03 bits per heavy atom. The number of fused-ring (bicyclic) bond motifs is 1. The van der Waals surface area contributed by atoms with Gasteiger partial charge in [0.15, 0.2) is 0 Å². The molecule has 33 heavy (non-hydrogen) atoms. The molecular weight excluding hydrogens is 433 g/mol. The van der Waals surface area contributed by atoms with Gasteiger partial charge < -0.3 is 10.2 Å². The molecule has 6 nitrogen and oxygen atoms in total. The summed E-state index contributed by atoms with van der Waals surface area (Å²) in [6.45, 7) is 7.15. The van der Waals surface area contributed by atoms with Crippen molar-refractivity contribution in [3.63, 3.8) is 0 Å². The zero-order valence-electron chi connectivity index (χ0n) is 18.7. The van der Waals surface area contributed by atoms with Gasteiger partial charge in [-0.05, 0) is 48.6 Å². The van der Waals surface area contributed by atoms with E-state index >= 15 is 0 Å². The molecule has 1 aromatic carbocycles. The summed E-state index contributed by atoms with van der Waals surface area (Å²) in [7, 11) is 0. The largest absolute Gasteiger partial charge is 0.417 e. The Balaban J connectivity index is 1.49. The Morgan fingerprint density at radius 1 is 1.24 bits per heavy atom. The highest BCUT2D eigenvalue weighted by atomic mass is 19.4. The van der Waals surface area contributed by atoms with Crippen LogP contribution in [0, 0.1) is 0 Å². The molecule has 2 atom stereocenters. The van der Waals surface area contributed by atoms with Crippen LogP contribution in [-0.2, 0) is 17.5 Å². The van der Waals surface area contributed by atoms with Gasteiger partial charge in [-0.3, -0.25) is 19.5 Å². The Labute approximate surface area is 190 Å².